The van der Waals surface area contributed by atoms with Crippen molar-refractivity contribution in [2.24, 2.45) is 5.16 Å². The normalized spacial score (nSPS) is 11.7. The Hall–Kier alpha value is -3.68. The number of aromatic nitrogens is 2. The molecule has 0 spiro atoms. The van der Waals surface area contributed by atoms with E-state index in [1.54, 1.807) is 30.5 Å². The highest BCUT2D eigenvalue weighted by molar-refractivity contribution is 6.07. The van der Waals surface area contributed by atoms with Crippen LogP contribution >= 0.6 is 0 Å². The van der Waals surface area contributed by atoms with Crippen molar-refractivity contribution in [1.29, 1.82) is 0 Å². The van der Waals surface area contributed by atoms with Gasteiger partial charge < -0.3 is 19.4 Å². The van der Waals surface area contributed by atoms with Crippen LogP contribution in [0.3, 0.4) is 0 Å². The van der Waals surface area contributed by atoms with Crippen molar-refractivity contribution in [2.75, 3.05) is 0 Å². The number of hydrogen-bond donors (Lipinski definition) is 2. The monoisotopic (exact) mass is 383 g/mol. The predicted octanol–water partition coefficient (Wildman–Crippen LogP) is 4.69. The molecule has 142 valence electrons. The van der Waals surface area contributed by atoms with Crippen LogP contribution in [0.15, 0.2) is 46.1 Å². The Morgan fingerprint density at radius 1 is 1.11 bits per heavy atom. The highest BCUT2D eigenvalue weighted by Crippen LogP contribution is 2.39. The molecule has 2 N–H and O–H groups in total. The van der Waals surface area contributed by atoms with E-state index in [0.717, 1.165) is 18.3 Å². The second-order valence-corrected chi connectivity index (χ2v) is 6.34. The summed E-state index contributed by atoms with van der Waals surface area (Å²) in [6.07, 6.45) is 1.16. The van der Waals surface area contributed by atoms with Crippen LogP contribution < -0.4 is 0 Å². The molecule has 0 aliphatic carbocycles. The first-order valence-corrected chi connectivity index (χ1v) is 8.36. The lowest BCUT2D eigenvalue weighted by atomic mass is 10.0. The average Bonchev–Trinajstić information content (AvgIpc) is 3.14. The SMILES string of the molecule is Cc1noc(C)c1-c1c(C=NO)c2cc(F)c(F)cc2n1-c1ccc(O)cc1. The van der Waals surface area contributed by atoms with Gasteiger partial charge >= 0.3 is 0 Å². The summed E-state index contributed by atoms with van der Waals surface area (Å²) in [6.45, 7) is 3.46. The first kappa shape index (κ1) is 17.7. The molecule has 0 aliphatic rings. The van der Waals surface area contributed by atoms with Crippen LogP contribution in [0.2, 0.25) is 0 Å². The maximum Gasteiger partial charge on any atom is 0.160 e. The summed E-state index contributed by atoms with van der Waals surface area (Å²) in [6, 6.07) is 8.37. The van der Waals surface area contributed by atoms with E-state index in [1.807, 2.05) is 0 Å². The number of nitrogens with zero attached hydrogens (tertiary/aromatic N) is 3. The number of phenolic OH excluding ortho intramolecular Hbond substituents is 1. The summed E-state index contributed by atoms with van der Waals surface area (Å²) in [7, 11) is 0. The van der Waals surface area contributed by atoms with Gasteiger partial charge in [-0.15, -0.1) is 0 Å². The molecule has 0 atom stereocenters. The molecule has 8 heteroatoms. The second-order valence-electron chi connectivity index (χ2n) is 6.34. The summed E-state index contributed by atoms with van der Waals surface area (Å²) >= 11 is 0. The number of aromatic hydroxyl groups is 1. The van der Waals surface area contributed by atoms with Crippen molar-refractivity contribution in [2.45, 2.75) is 13.8 Å². The maximum absolute atomic E-state index is 14.1. The van der Waals surface area contributed by atoms with Gasteiger partial charge in [0.1, 0.15) is 11.5 Å². The Morgan fingerprint density at radius 2 is 1.79 bits per heavy atom. The standard InChI is InChI=1S/C20H15F2N3O3/c1-10-19(11(2)28-24-10)20-15(9-23-27)14-7-16(21)17(22)8-18(14)25(20)12-3-5-13(26)6-4-12/h3-9,26-27H,1-2H3. The Kier molecular flexibility index (Phi) is 4.11. The van der Waals surface area contributed by atoms with Crippen molar-refractivity contribution < 1.29 is 23.6 Å². The van der Waals surface area contributed by atoms with Crippen LogP contribution in [0, 0.1) is 25.5 Å². The summed E-state index contributed by atoms with van der Waals surface area (Å²) in [5, 5.41) is 26.3. The minimum absolute atomic E-state index is 0.0634. The Morgan fingerprint density at radius 3 is 2.39 bits per heavy atom. The number of fused-ring (bicyclic) bond motifs is 1. The van der Waals surface area contributed by atoms with E-state index < -0.39 is 11.6 Å². The van der Waals surface area contributed by atoms with E-state index in [1.165, 1.54) is 12.1 Å². The van der Waals surface area contributed by atoms with E-state index in [4.69, 9.17) is 4.52 Å². The molecule has 4 rings (SSSR count). The van der Waals surface area contributed by atoms with E-state index in [-0.39, 0.29) is 5.75 Å². The summed E-state index contributed by atoms with van der Waals surface area (Å²) in [5.41, 5.74) is 2.99. The lowest BCUT2D eigenvalue weighted by Crippen LogP contribution is -2.00. The van der Waals surface area contributed by atoms with Crippen LogP contribution in [0.5, 0.6) is 5.75 Å². The molecular weight excluding hydrogens is 368 g/mol. The molecule has 2 aromatic carbocycles. The topological polar surface area (TPSA) is 83.8 Å². The third-order valence-electron chi connectivity index (χ3n) is 4.61. The van der Waals surface area contributed by atoms with Gasteiger partial charge in [0, 0.05) is 22.7 Å². The zero-order valence-corrected chi connectivity index (χ0v) is 14.9. The molecule has 28 heavy (non-hydrogen) atoms. The Balaban J connectivity index is 2.23. The fourth-order valence-corrected chi connectivity index (χ4v) is 3.43. The number of rotatable bonds is 3. The van der Waals surface area contributed by atoms with Crippen LogP contribution in [0.4, 0.5) is 8.78 Å². The third-order valence-corrected chi connectivity index (χ3v) is 4.61. The second kappa shape index (κ2) is 6.49. The van der Waals surface area contributed by atoms with Gasteiger partial charge in [0.05, 0.1) is 28.7 Å². The number of halogens is 2. The Labute approximate surface area is 157 Å². The molecule has 4 aromatic rings. The van der Waals surface area contributed by atoms with Gasteiger partial charge in [-0.05, 0) is 44.2 Å². The predicted molar refractivity (Wildman–Crippen MR) is 99.2 cm³/mol. The van der Waals surface area contributed by atoms with E-state index >= 15 is 0 Å². The fraction of sp³-hybridized carbons (Fsp3) is 0.100. The molecule has 2 aromatic heterocycles. The average molecular weight is 383 g/mol. The largest absolute Gasteiger partial charge is 0.508 e. The lowest BCUT2D eigenvalue weighted by molar-refractivity contribution is 0.322. The maximum atomic E-state index is 14.1. The quantitative estimate of drug-likeness (QED) is 0.305. The van der Waals surface area contributed by atoms with Gasteiger partial charge in [0.25, 0.3) is 0 Å². The van der Waals surface area contributed by atoms with E-state index in [9.17, 15) is 19.1 Å². The first-order valence-electron chi connectivity index (χ1n) is 8.36. The molecule has 6 nitrogen and oxygen atoms in total. The number of hydrogen-bond acceptors (Lipinski definition) is 5. The van der Waals surface area contributed by atoms with Crippen molar-refractivity contribution >= 4 is 17.1 Å². The minimum Gasteiger partial charge on any atom is -0.508 e. The highest BCUT2D eigenvalue weighted by Gasteiger charge is 2.25. The van der Waals surface area contributed by atoms with Crippen LogP contribution in [0.25, 0.3) is 27.8 Å². The van der Waals surface area contributed by atoms with Crippen molar-refractivity contribution in [3.05, 3.63) is 65.1 Å². The summed E-state index contributed by atoms with van der Waals surface area (Å²) < 4.78 is 35.1. The molecule has 0 amide bonds. The fourth-order valence-electron chi connectivity index (χ4n) is 3.43. The van der Waals surface area contributed by atoms with Gasteiger partial charge in [0.15, 0.2) is 11.6 Å². The van der Waals surface area contributed by atoms with Gasteiger partial charge in [-0.2, -0.15) is 0 Å². The Bertz CT molecular complexity index is 1200. The van der Waals surface area contributed by atoms with E-state index in [0.29, 0.717) is 44.9 Å². The highest BCUT2D eigenvalue weighted by atomic mass is 19.2. The molecule has 0 fully saturated rings. The van der Waals surface area contributed by atoms with Gasteiger partial charge in [-0.25, -0.2) is 8.78 Å². The molecule has 0 saturated carbocycles. The van der Waals surface area contributed by atoms with Gasteiger partial charge in [-0.1, -0.05) is 10.3 Å². The lowest BCUT2D eigenvalue weighted by Gasteiger charge is -2.12. The smallest absolute Gasteiger partial charge is 0.160 e. The molecular formula is C20H15F2N3O3. The van der Waals surface area contributed by atoms with Crippen molar-refractivity contribution in [1.82, 2.24) is 9.72 Å². The molecule has 0 radical (unpaired) electrons. The third kappa shape index (κ3) is 2.61. The zero-order chi connectivity index (χ0) is 20.0. The molecule has 0 bridgehead atoms. The van der Waals surface area contributed by atoms with Gasteiger partial charge in [0.2, 0.25) is 0 Å². The minimum atomic E-state index is -1.02. The first-order chi connectivity index (χ1) is 13.4. The molecule has 2 heterocycles. The summed E-state index contributed by atoms with van der Waals surface area (Å²) in [5.74, 6) is -1.47. The summed E-state index contributed by atoms with van der Waals surface area (Å²) in [4.78, 5) is 0. The number of phenols is 1. The van der Waals surface area contributed by atoms with Crippen LogP contribution in [-0.4, -0.2) is 26.3 Å². The van der Waals surface area contributed by atoms with Crippen LogP contribution in [-0.2, 0) is 0 Å². The van der Waals surface area contributed by atoms with Crippen molar-refractivity contribution in [3.8, 4) is 22.7 Å². The molecule has 0 aliphatic heterocycles. The number of aryl methyl sites for hydroxylation is 2. The number of oxime groups is 1. The van der Waals surface area contributed by atoms with Crippen LogP contribution in [0.1, 0.15) is 17.0 Å². The van der Waals surface area contributed by atoms with E-state index in [2.05, 4.69) is 10.3 Å². The molecule has 0 unspecified atom stereocenters. The zero-order valence-electron chi connectivity index (χ0n) is 14.9. The van der Waals surface area contributed by atoms with Gasteiger partial charge in [-0.3, -0.25) is 0 Å². The van der Waals surface area contributed by atoms with Crippen molar-refractivity contribution in [3.63, 3.8) is 0 Å². The number of benzene rings is 2. The molecule has 0 saturated heterocycles.